The predicted molar refractivity (Wildman–Crippen MR) is 65.8 cm³/mol. The molecule has 1 aromatic heterocycles. The lowest BCUT2D eigenvalue weighted by Crippen LogP contribution is -2.42. The molecule has 1 atom stereocenters. The third-order valence-electron chi connectivity index (χ3n) is 2.98. The van der Waals surface area contributed by atoms with Gasteiger partial charge in [-0.1, -0.05) is 0 Å². The van der Waals surface area contributed by atoms with Gasteiger partial charge in [0.15, 0.2) is 6.04 Å². The minimum absolute atomic E-state index is 0.474. The minimum atomic E-state index is -1.46. The first-order chi connectivity index (χ1) is 8.61. The molecule has 0 fully saturated rings. The first-order valence-corrected chi connectivity index (χ1v) is 6.64. The molecule has 1 unspecified atom stereocenters. The number of aryl methyl sites for hydroxylation is 2. The summed E-state index contributed by atoms with van der Waals surface area (Å²) in [4.78, 5) is 24.1. The molecular formula is C12H14FNO3S. The van der Waals surface area contributed by atoms with E-state index in [1.54, 1.807) is 6.07 Å². The van der Waals surface area contributed by atoms with Crippen LogP contribution in [0.1, 0.15) is 33.0 Å². The van der Waals surface area contributed by atoms with Gasteiger partial charge < -0.3 is 10.4 Å². The van der Waals surface area contributed by atoms with E-state index in [9.17, 15) is 14.0 Å². The Hall–Kier alpha value is -1.43. The molecular weight excluding hydrogens is 257 g/mol. The average Bonchev–Trinajstić information content (AvgIpc) is 2.79. The molecule has 2 N–H and O–H groups in total. The van der Waals surface area contributed by atoms with Crippen LogP contribution >= 0.6 is 11.3 Å². The monoisotopic (exact) mass is 271 g/mol. The van der Waals surface area contributed by atoms with Crippen molar-refractivity contribution in [2.45, 2.75) is 31.7 Å². The van der Waals surface area contributed by atoms with Gasteiger partial charge in [0.1, 0.15) is 6.67 Å². The molecule has 4 nitrogen and oxygen atoms in total. The van der Waals surface area contributed by atoms with Crippen molar-refractivity contribution in [1.82, 2.24) is 5.32 Å². The minimum Gasteiger partial charge on any atom is -0.480 e. The van der Waals surface area contributed by atoms with Crippen LogP contribution in [0.5, 0.6) is 0 Å². The van der Waals surface area contributed by atoms with Gasteiger partial charge in [-0.05, 0) is 37.3 Å². The molecule has 18 heavy (non-hydrogen) atoms. The van der Waals surface area contributed by atoms with E-state index in [2.05, 4.69) is 5.32 Å². The van der Waals surface area contributed by atoms with Gasteiger partial charge in [-0.3, -0.25) is 4.79 Å². The topological polar surface area (TPSA) is 66.4 Å². The van der Waals surface area contributed by atoms with Gasteiger partial charge in [0, 0.05) is 4.88 Å². The van der Waals surface area contributed by atoms with E-state index in [-0.39, 0.29) is 0 Å². The largest absolute Gasteiger partial charge is 0.480 e. The summed E-state index contributed by atoms with van der Waals surface area (Å²) in [6, 6.07) is 0.336. The normalized spacial score (nSPS) is 15.8. The zero-order valence-corrected chi connectivity index (χ0v) is 10.6. The first kappa shape index (κ1) is 13.0. The molecule has 0 aromatic carbocycles. The highest BCUT2D eigenvalue weighted by Crippen LogP contribution is 2.29. The SMILES string of the molecule is O=C(NC(CF)C(=O)O)c1cc2c(s1)CCCC2. The lowest BCUT2D eigenvalue weighted by molar-refractivity contribution is -0.139. The molecule has 0 spiro atoms. The Morgan fingerprint density at radius 1 is 1.44 bits per heavy atom. The van der Waals surface area contributed by atoms with Gasteiger partial charge in [-0.15, -0.1) is 11.3 Å². The van der Waals surface area contributed by atoms with Crippen LogP contribution in [0, 0.1) is 0 Å². The molecule has 0 saturated heterocycles. The van der Waals surface area contributed by atoms with Crippen LogP contribution in [-0.4, -0.2) is 29.7 Å². The number of halogens is 1. The van der Waals surface area contributed by atoms with Gasteiger partial charge >= 0.3 is 5.97 Å². The summed E-state index contributed by atoms with van der Waals surface area (Å²) < 4.78 is 12.4. The van der Waals surface area contributed by atoms with Crippen molar-refractivity contribution in [3.8, 4) is 0 Å². The lowest BCUT2D eigenvalue weighted by atomic mass is 9.99. The fourth-order valence-corrected chi connectivity index (χ4v) is 3.15. The van der Waals surface area contributed by atoms with Gasteiger partial charge in [-0.2, -0.15) is 0 Å². The summed E-state index contributed by atoms with van der Waals surface area (Å²) in [5.41, 5.74) is 1.17. The third-order valence-corrected chi connectivity index (χ3v) is 4.21. The number of carboxylic acids is 1. The maximum atomic E-state index is 12.4. The Balaban J connectivity index is 2.09. The number of carbonyl (C=O) groups excluding carboxylic acids is 1. The molecule has 1 heterocycles. The Bertz CT molecular complexity index is 448. The van der Waals surface area contributed by atoms with Crippen molar-refractivity contribution >= 4 is 23.2 Å². The summed E-state index contributed by atoms with van der Waals surface area (Å²) in [6.07, 6.45) is 4.17. The van der Waals surface area contributed by atoms with Gasteiger partial charge in [0.05, 0.1) is 4.88 Å². The molecule has 0 bridgehead atoms. The second kappa shape index (κ2) is 5.48. The molecule has 98 valence electrons. The number of fused-ring (bicyclic) bond motifs is 1. The Labute approximate surface area is 108 Å². The van der Waals surface area contributed by atoms with Gasteiger partial charge in [0.2, 0.25) is 0 Å². The molecule has 1 aliphatic carbocycles. The summed E-state index contributed by atoms with van der Waals surface area (Å²) in [5.74, 6) is -1.85. The number of amides is 1. The lowest BCUT2D eigenvalue weighted by Gasteiger charge is -2.09. The first-order valence-electron chi connectivity index (χ1n) is 5.83. The Morgan fingerprint density at radius 3 is 2.78 bits per heavy atom. The zero-order valence-electron chi connectivity index (χ0n) is 9.74. The number of alkyl halides is 1. The molecule has 1 aromatic rings. The van der Waals surface area contributed by atoms with Crippen LogP contribution in [0.2, 0.25) is 0 Å². The van der Waals surface area contributed by atoms with Crippen LogP contribution < -0.4 is 5.32 Å². The van der Waals surface area contributed by atoms with Crippen LogP contribution in [-0.2, 0) is 17.6 Å². The predicted octanol–water partition coefficient (Wildman–Crippen LogP) is 1.78. The number of rotatable bonds is 4. The van der Waals surface area contributed by atoms with E-state index in [0.29, 0.717) is 4.88 Å². The molecule has 0 radical (unpaired) electrons. The van der Waals surface area contributed by atoms with Crippen LogP contribution in [0.4, 0.5) is 4.39 Å². The summed E-state index contributed by atoms with van der Waals surface area (Å²) in [5, 5.41) is 10.9. The van der Waals surface area contributed by atoms with E-state index >= 15 is 0 Å². The summed E-state index contributed by atoms with van der Waals surface area (Å²) in [6.45, 7) is -1.10. The van der Waals surface area contributed by atoms with Crippen LogP contribution in [0.25, 0.3) is 0 Å². The number of aliphatic carboxylic acids is 1. The van der Waals surface area contributed by atoms with Crippen molar-refractivity contribution in [3.05, 3.63) is 21.4 Å². The van der Waals surface area contributed by atoms with Crippen molar-refractivity contribution in [3.63, 3.8) is 0 Å². The molecule has 0 saturated carbocycles. The highest BCUT2D eigenvalue weighted by atomic mass is 32.1. The maximum Gasteiger partial charge on any atom is 0.328 e. The fraction of sp³-hybridized carbons (Fsp3) is 0.500. The smallest absolute Gasteiger partial charge is 0.328 e. The standard InChI is InChI=1S/C12H14FNO3S/c13-6-8(12(16)17)14-11(15)10-5-7-3-1-2-4-9(7)18-10/h5,8H,1-4,6H2,(H,14,15)(H,16,17). The molecule has 2 rings (SSSR count). The highest BCUT2D eigenvalue weighted by Gasteiger charge is 2.23. The van der Waals surface area contributed by atoms with Crippen LogP contribution in [0.3, 0.4) is 0 Å². The Morgan fingerprint density at radius 2 is 2.17 bits per heavy atom. The van der Waals surface area contributed by atoms with E-state index in [1.807, 2.05) is 0 Å². The molecule has 1 amide bonds. The number of nitrogens with one attached hydrogen (secondary N) is 1. The maximum absolute atomic E-state index is 12.4. The Kier molecular flexibility index (Phi) is 3.96. The molecule has 0 aliphatic heterocycles. The second-order valence-corrected chi connectivity index (χ2v) is 5.42. The van der Waals surface area contributed by atoms with Crippen molar-refractivity contribution < 1.29 is 19.1 Å². The van der Waals surface area contributed by atoms with Crippen molar-refractivity contribution in [2.75, 3.05) is 6.67 Å². The van der Waals surface area contributed by atoms with Crippen molar-refractivity contribution in [1.29, 1.82) is 0 Å². The quantitative estimate of drug-likeness (QED) is 0.877. The van der Waals surface area contributed by atoms with Crippen molar-refractivity contribution in [2.24, 2.45) is 0 Å². The van der Waals surface area contributed by atoms with Gasteiger partial charge in [0.25, 0.3) is 5.91 Å². The zero-order chi connectivity index (χ0) is 13.1. The number of hydrogen-bond acceptors (Lipinski definition) is 3. The highest BCUT2D eigenvalue weighted by molar-refractivity contribution is 7.14. The number of carbonyl (C=O) groups is 2. The fourth-order valence-electron chi connectivity index (χ4n) is 2.00. The molecule has 1 aliphatic rings. The van der Waals surface area contributed by atoms with Crippen LogP contribution in [0.15, 0.2) is 6.07 Å². The van der Waals surface area contributed by atoms with E-state index < -0.39 is 24.6 Å². The number of thiophene rings is 1. The number of hydrogen-bond donors (Lipinski definition) is 2. The third kappa shape index (κ3) is 2.69. The number of carboxylic acid groups (broad SMARTS) is 1. The van der Waals surface area contributed by atoms with E-state index in [1.165, 1.54) is 21.8 Å². The average molecular weight is 271 g/mol. The van der Waals surface area contributed by atoms with E-state index in [4.69, 9.17) is 5.11 Å². The summed E-state index contributed by atoms with van der Waals surface area (Å²) >= 11 is 1.38. The second-order valence-electron chi connectivity index (χ2n) is 4.28. The van der Waals surface area contributed by atoms with E-state index in [0.717, 1.165) is 25.7 Å². The summed E-state index contributed by atoms with van der Waals surface area (Å²) in [7, 11) is 0. The van der Waals surface area contributed by atoms with Gasteiger partial charge in [-0.25, -0.2) is 9.18 Å². The molecule has 6 heteroatoms.